The number of carboxylic acid groups (broad SMARTS) is 1. The first-order valence-electron chi connectivity index (χ1n) is 5.49. The second-order valence-electron chi connectivity index (χ2n) is 4.13. The van der Waals surface area contributed by atoms with Crippen molar-refractivity contribution in [3.8, 4) is 0 Å². The summed E-state index contributed by atoms with van der Waals surface area (Å²) in [5, 5.41) is 9.93. The highest BCUT2D eigenvalue weighted by molar-refractivity contribution is 8.00. The maximum Gasteiger partial charge on any atom is 0.305 e. The smallest absolute Gasteiger partial charge is 0.305 e. The van der Waals surface area contributed by atoms with Gasteiger partial charge < -0.3 is 10.0 Å². The number of benzene rings is 1. The molecule has 1 aliphatic heterocycles. The molecule has 2 rings (SSSR count). The molecule has 1 aliphatic rings. The van der Waals surface area contributed by atoms with Crippen LogP contribution in [0.2, 0.25) is 5.02 Å². The summed E-state index contributed by atoms with van der Waals surface area (Å²) in [6.45, 7) is 3.57. The fraction of sp³-hybridized carbons (Fsp3) is 0.417. The van der Waals surface area contributed by atoms with Crippen LogP contribution in [0.5, 0.6) is 0 Å². The molecule has 0 aromatic heterocycles. The van der Waals surface area contributed by atoms with Gasteiger partial charge in [0.05, 0.1) is 12.1 Å². The highest BCUT2D eigenvalue weighted by atomic mass is 35.5. The first kappa shape index (κ1) is 12.6. The summed E-state index contributed by atoms with van der Waals surface area (Å²) in [6, 6.07) is 5.77. The molecule has 0 saturated carbocycles. The second kappa shape index (κ2) is 5.19. The van der Waals surface area contributed by atoms with Gasteiger partial charge >= 0.3 is 5.97 Å². The van der Waals surface area contributed by atoms with Gasteiger partial charge in [0, 0.05) is 28.3 Å². The van der Waals surface area contributed by atoms with Crippen LogP contribution in [0.25, 0.3) is 0 Å². The average Bonchev–Trinajstić information content (AvgIpc) is 2.24. The predicted molar refractivity (Wildman–Crippen MR) is 71.2 cm³/mol. The van der Waals surface area contributed by atoms with E-state index >= 15 is 0 Å². The van der Waals surface area contributed by atoms with E-state index in [1.807, 2.05) is 18.2 Å². The van der Waals surface area contributed by atoms with Crippen LogP contribution < -0.4 is 4.90 Å². The molecular formula is C12H14ClNO2S. The predicted octanol–water partition coefficient (Wildman–Crippen LogP) is 3.12. The first-order valence-corrected chi connectivity index (χ1v) is 6.75. The molecule has 0 bridgehead atoms. The van der Waals surface area contributed by atoms with Gasteiger partial charge in [0.2, 0.25) is 0 Å². The summed E-state index contributed by atoms with van der Waals surface area (Å²) in [5.41, 5.74) is 1.10. The molecule has 0 saturated heterocycles. The molecule has 1 aromatic carbocycles. The summed E-state index contributed by atoms with van der Waals surface area (Å²) < 4.78 is 0. The largest absolute Gasteiger partial charge is 0.481 e. The van der Waals surface area contributed by atoms with Crippen molar-refractivity contribution in [3.63, 3.8) is 0 Å². The minimum atomic E-state index is -0.758. The monoisotopic (exact) mass is 271 g/mol. The van der Waals surface area contributed by atoms with E-state index in [1.54, 1.807) is 11.8 Å². The molecule has 3 nitrogen and oxygen atoms in total. The third-order valence-corrected chi connectivity index (χ3v) is 4.03. The lowest BCUT2D eigenvalue weighted by molar-refractivity contribution is -0.136. The van der Waals surface area contributed by atoms with Crippen LogP contribution in [0.1, 0.15) is 13.3 Å². The first-order chi connectivity index (χ1) is 8.06. The number of nitrogens with zero attached hydrogens (tertiary/aromatic N) is 1. The number of aliphatic carboxylic acids is 1. The molecule has 1 unspecified atom stereocenters. The van der Waals surface area contributed by atoms with Gasteiger partial charge in [0.25, 0.3) is 0 Å². The molecule has 1 N–H and O–H groups in total. The molecule has 92 valence electrons. The highest BCUT2D eigenvalue weighted by Crippen LogP contribution is 2.39. The number of hydrogen-bond donors (Lipinski definition) is 1. The third kappa shape index (κ3) is 3.07. The number of hydrogen-bond acceptors (Lipinski definition) is 3. The Morgan fingerprint density at radius 2 is 2.41 bits per heavy atom. The highest BCUT2D eigenvalue weighted by Gasteiger charge is 2.22. The van der Waals surface area contributed by atoms with Crippen LogP contribution in [0.15, 0.2) is 23.1 Å². The van der Waals surface area contributed by atoms with E-state index in [2.05, 4.69) is 11.8 Å². The van der Waals surface area contributed by atoms with Gasteiger partial charge in [-0.2, -0.15) is 0 Å². The van der Waals surface area contributed by atoms with Crippen molar-refractivity contribution < 1.29 is 9.90 Å². The lowest BCUT2D eigenvalue weighted by Crippen LogP contribution is -2.34. The topological polar surface area (TPSA) is 40.5 Å². The van der Waals surface area contributed by atoms with Crippen LogP contribution in [0.3, 0.4) is 0 Å². The Balaban J connectivity index is 2.21. The summed E-state index contributed by atoms with van der Waals surface area (Å²) >= 11 is 7.76. The Bertz CT molecular complexity index is 439. The minimum absolute atomic E-state index is 0.166. The maximum atomic E-state index is 10.6. The van der Waals surface area contributed by atoms with E-state index in [4.69, 9.17) is 16.7 Å². The number of carbonyl (C=O) groups is 1. The molecule has 0 aliphatic carbocycles. The summed E-state index contributed by atoms with van der Waals surface area (Å²) in [6.07, 6.45) is 0.166. The number of rotatable bonds is 3. The van der Waals surface area contributed by atoms with Gasteiger partial charge in [0.15, 0.2) is 0 Å². The summed E-state index contributed by atoms with van der Waals surface area (Å²) in [7, 11) is 0. The maximum absolute atomic E-state index is 10.6. The van der Waals surface area contributed by atoms with E-state index < -0.39 is 5.97 Å². The van der Waals surface area contributed by atoms with Crippen molar-refractivity contribution in [2.45, 2.75) is 23.5 Å². The van der Waals surface area contributed by atoms with E-state index in [0.29, 0.717) is 11.8 Å². The van der Waals surface area contributed by atoms with Gasteiger partial charge in [-0.25, -0.2) is 0 Å². The van der Waals surface area contributed by atoms with Crippen molar-refractivity contribution in [1.29, 1.82) is 0 Å². The second-order valence-corrected chi connectivity index (χ2v) is 6.05. The minimum Gasteiger partial charge on any atom is -0.481 e. The Kier molecular flexibility index (Phi) is 3.84. The zero-order valence-corrected chi connectivity index (χ0v) is 11.1. The van der Waals surface area contributed by atoms with Gasteiger partial charge in [-0.15, -0.1) is 11.8 Å². The summed E-state index contributed by atoms with van der Waals surface area (Å²) in [5.74, 6) is -0.758. The number of carboxylic acids is 1. The van der Waals surface area contributed by atoms with E-state index in [-0.39, 0.29) is 6.42 Å². The Hall–Kier alpha value is -0.870. The van der Waals surface area contributed by atoms with Crippen LogP contribution in [-0.4, -0.2) is 29.4 Å². The molecular weight excluding hydrogens is 258 g/mol. The number of anilines is 1. The lowest BCUT2D eigenvalue weighted by Gasteiger charge is -2.34. The van der Waals surface area contributed by atoms with E-state index in [1.165, 1.54) is 0 Å². The van der Waals surface area contributed by atoms with Gasteiger partial charge in [0.1, 0.15) is 0 Å². The van der Waals surface area contributed by atoms with Gasteiger partial charge in [-0.3, -0.25) is 4.79 Å². The molecule has 0 fully saturated rings. The molecule has 1 aromatic rings. The van der Waals surface area contributed by atoms with Crippen molar-refractivity contribution in [1.82, 2.24) is 0 Å². The SMILES string of the molecule is CC1CN(CCC(=O)O)c2ccc(Cl)cc2S1. The standard InChI is InChI=1S/C12H14ClNO2S/c1-8-7-14(5-4-12(15)16)10-3-2-9(13)6-11(10)17-8/h2-3,6,8H,4-5,7H2,1H3,(H,15,16). The summed E-state index contributed by atoms with van der Waals surface area (Å²) in [4.78, 5) is 13.9. The molecule has 0 radical (unpaired) electrons. The Morgan fingerprint density at radius 3 is 3.12 bits per heavy atom. The Morgan fingerprint density at radius 1 is 1.65 bits per heavy atom. The fourth-order valence-corrected chi connectivity index (χ4v) is 3.39. The molecule has 17 heavy (non-hydrogen) atoms. The molecule has 0 spiro atoms. The molecule has 0 amide bonds. The molecule has 1 heterocycles. The van der Waals surface area contributed by atoms with Crippen LogP contribution in [0.4, 0.5) is 5.69 Å². The third-order valence-electron chi connectivity index (χ3n) is 2.66. The fourth-order valence-electron chi connectivity index (χ4n) is 1.95. The number of halogens is 1. The van der Waals surface area contributed by atoms with Crippen LogP contribution in [-0.2, 0) is 4.79 Å². The van der Waals surface area contributed by atoms with Gasteiger partial charge in [-0.1, -0.05) is 18.5 Å². The zero-order valence-electron chi connectivity index (χ0n) is 9.52. The number of thioether (sulfide) groups is 1. The van der Waals surface area contributed by atoms with E-state index in [0.717, 1.165) is 22.2 Å². The lowest BCUT2D eigenvalue weighted by atomic mass is 10.2. The van der Waals surface area contributed by atoms with Crippen molar-refractivity contribution in [3.05, 3.63) is 23.2 Å². The van der Waals surface area contributed by atoms with E-state index in [9.17, 15) is 4.79 Å². The van der Waals surface area contributed by atoms with Crippen molar-refractivity contribution in [2.24, 2.45) is 0 Å². The van der Waals surface area contributed by atoms with Crippen LogP contribution >= 0.6 is 23.4 Å². The molecule has 5 heteroatoms. The average molecular weight is 272 g/mol. The normalized spacial score (nSPS) is 18.9. The van der Waals surface area contributed by atoms with Crippen LogP contribution in [0, 0.1) is 0 Å². The number of fused-ring (bicyclic) bond motifs is 1. The van der Waals surface area contributed by atoms with Crippen molar-refractivity contribution in [2.75, 3.05) is 18.0 Å². The zero-order chi connectivity index (χ0) is 12.4. The van der Waals surface area contributed by atoms with Crippen molar-refractivity contribution >= 4 is 35.0 Å². The Labute approximate surface area is 110 Å². The van der Waals surface area contributed by atoms with Gasteiger partial charge in [-0.05, 0) is 18.2 Å². The molecule has 1 atom stereocenters. The quantitative estimate of drug-likeness (QED) is 0.917.